The largest absolute Gasteiger partial charge is 0.488 e. The van der Waals surface area contributed by atoms with Gasteiger partial charge in [-0.3, -0.25) is 9.59 Å². The van der Waals surface area contributed by atoms with E-state index in [0.717, 1.165) is 16.7 Å². The Labute approximate surface area is 206 Å². The van der Waals surface area contributed by atoms with E-state index in [1.807, 2.05) is 31.2 Å². The van der Waals surface area contributed by atoms with Gasteiger partial charge in [-0.2, -0.15) is 5.10 Å². The van der Waals surface area contributed by atoms with E-state index in [1.54, 1.807) is 36.4 Å². The predicted octanol–water partition coefficient (Wildman–Crippen LogP) is 5.30. The molecule has 0 saturated carbocycles. The van der Waals surface area contributed by atoms with Crippen LogP contribution in [0.25, 0.3) is 0 Å². The molecule has 0 fully saturated rings. The number of amides is 2. The van der Waals surface area contributed by atoms with Crippen LogP contribution < -0.4 is 15.5 Å². The lowest BCUT2D eigenvalue weighted by Gasteiger charge is -2.10. The lowest BCUT2D eigenvalue weighted by Crippen LogP contribution is -2.37. The van der Waals surface area contributed by atoms with Gasteiger partial charge in [0, 0.05) is 17.1 Å². The van der Waals surface area contributed by atoms with Gasteiger partial charge >= 0.3 is 11.8 Å². The molecule has 0 aromatic heterocycles. The highest BCUT2D eigenvalue weighted by Crippen LogP contribution is 2.25. The Morgan fingerprint density at radius 1 is 0.909 bits per heavy atom. The van der Waals surface area contributed by atoms with Crippen LogP contribution in [0.1, 0.15) is 22.3 Å². The van der Waals surface area contributed by atoms with Crippen molar-refractivity contribution in [3.63, 3.8) is 0 Å². The minimum Gasteiger partial charge on any atom is -0.488 e. The molecule has 0 aliphatic heterocycles. The van der Waals surface area contributed by atoms with Gasteiger partial charge in [0.1, 0.15) is 12.4 Å². The summed E-state index contributed by atoms with van der Waals surface area (Å²) in [4.78, 5) is 24.0. The molecule has 0 aliphatic carbocycles. The summed E-state index contributed by atoms with van der Waals surface area (Å²) in [6.45, 7) is 2.43. The number of rotatable bonds is 7. The van der Waals surface area contributed by atoms with Gasteiger partial charge in [-0.25, -0.2) is 5.43 Å². The number of carbonyl (C=O) groups excluding carboxylic acids is 2. The Morgan fingerprint density at radius 2 is 1.64 bits per heavy atom. The second-order valence-corrected chi connectivity index (χ2v) is 8.34. The van der Waals surface area contributed by atoms with Crippen LogP contribution >= 0.6 is 34.8 Å². The van der Waals surface area contributed by atoms with Gasteiger partial charge in [0.25, 0.3) is 0 Å². The highest BCUT2D eigenvalue weighted by Gasteiger charge is 2.12. The van der Waals surface area contributed by atoms with Crippen LogP contribution in [0.3, 0.4) is 0 Å². The quantitative estimate of drug-likeness (QED) is 0.260. The minimum absolute atomic E-state index is 0.229. The average molecular weight is 505 g/mol. The number of benzene rings is 3. The normalized spacial score (nSPS) is 10.8. The summed E-state index contributed by atoms with van der Waals surface area (Å²) in [6.07, 6.45) is 1.35. The molecule has 170 valence electrons. The summed E-state index contributed by atoms with van der Waals surface area (Å²) in [6, 6.07) is 17.8. The van der Waals surface area contributed by atoms with Crippen molar-refractivity contribution in [3.05, 3.63) is 98.0 Å². The van der Waals surface area contributed by atoms with Crippen molar-refractivity contribution in [3.8, 4) is 5.75 Å². The lowest BCUT2D eigenvalue weighted by molar-refractivity contribution is -0.139. The molecule has 6 nitrogen and oxygen atoms in total. The topological polar surface area (TPSA) is 79.8 Å². The first-order chi connectivity index (χ1) is 15.8. The Morgan fingerprint density at radius 3 is 2.36 bits per heavy atom. The minimum atomic E-state index is -0.890. The van der Waals surface area contributed by atoms with Crippen LogP contribution in [0.2, 0.25) is 15.1 Å². The van der Waals surface area contributed by atoms with Crippen LogP contribution in [0.4, 0.5) is 0 Å². The van der Waals surface area contributed by atoms with E-state index in [2.05, 4.69) is 15.8 Å². The summed E-state index contributed by atoms with van der Waals surface area (Å²) >= 11 is 18.0. The summed E-state index contributed by atoms with van der Waals surface area (Å²) in [5, 5.41) is 7.74. The number of nitrogens with zero attached hydrogens (tertiary/aromatic N) is 1. The Balaban J connectivity index is 1.57. The average Bonchev–Trinajstić information content (AvgIpc) is 2.80. The van der Waals surface area contributed by atoms with Crippen molar-refractivity contribution in [2.24, 2.45) is 5.10 Å². The number of carbonyl (C=O) groups is 2. The van der Waals surface area contributed by atoms with E-state index in [-0.39, 0.29) is 13.2 Å². The van der Waals surface area contributed by atoms with Crippen LogP contribution in [-0.4, -0.2) is 18.0 Å². The predicted molar refractivity (Wildman–Crippen MR) is 131 cm³/mol. The summed E-state index contributed by atoms with van der Waals surface area (Å²) in [5.41, 5.74) is 5.53. The third kappa shape index (κ3) is 7.49. The molecule has 2 amide bonds. The maximum atomic E-state index is 12.0. The molecule has 2 N–H and O–H groups in total. The molecule has 3 aromatic rings. The number of hydrogen-bond donors (Lipinski definition) is 2. The van der Waals surface area contributed by atoms with Gasteiger partial charge in [-0.15, -0.1) is 0 Å². The number of aryl methyl sites for hydroxylation is 1. The van der Waals surface area contributed by atoms with Crippen molar-refractivity contribution >= 4 is 52.8 Å². The molecule has 3 aromatic carbocycles. The van der Waals surface area contributed by atoms with E-state index < -0.39 is 11.8 Å². The Bertz CT molecular complexity index is 1180. The first kappa shape index (κ1) is 24.6. The third-order valence-electron chi connectivity index (χ3n) is 4.50. The molecular weight excluding hydrogens is 485 g/mol. The molecule has 0 heterocycles. The van der Waals surface area contributed by atoms with Crippen molar-refractivity contribution in [2.75, 3.05) is 0 Å². The second kappa shape index (κ2) is 11.7. The van der Waals surface area contributed by atoms with E-state index >= 15 is 0 Å². The third-order valence-corrected chi connectivity index (χ3v) is 5.47. The van der Waals surface area contributed by atoms with Gasteiger partial charge < -0.3 is 10.1 Å². The number of ether oxygens (including phenoxy) is 1. The maximum Gasteiger partial charge on any atom is 0.329 e. The fourth-order valence-corrected chi connectivity index (χ4v) is 3.22. The van der Waals surface area contributed by atoms with E-state index in [0.29, 0.717) is 26.4 Å². The van der Waals surface area contributed by atoms with Gasteiger partial charge in [0.2, 0.25) is 0 Å². The van der Waals surface area contributed by atoms with Crippen LogP contribution in [-0.2, 0) is 22.7 Å². The van der Waals surface area contributed by atoms with Gasteiger partial charge in [0.15, 0.2) is 0 Å². The molecule has 0 aliphatic rings. The zero-order chi connectivity index (χ0) is 23.8. The van der Waals surface area contributed by atoms with E-state index in [9.17, 15) is 9.59 Å². The van der Waals surface area contributed by atoms with Crippen LogP contribution in [0.15, 0.2) is 65.8 Å². The SMILES string of the molecule is Cc1ccc(CNC(=O)C(=O)N/N=C\c2cc(Cl)ccc2OCc2ccc(Cl)c(Cl)c2)cc1. The van der Waals surface area contributed by atoms with Crippen molar-refractivity contribution in [1.29, 1.82) is 0 Å². The molecule has 0 atom stereocenters. The zero-order valence-corrected chi connectivity index (χ0v) is 19.8. The van der Waals surface area contributed by atoms with Crippen molar-refractivity contribution in [2.45, 2.75) is 20.1 Å². The molecule has 0 radical (unpaired) electrons. The molecule has 0 unspecified atom stereocenters. The molecule has 9 heteroatoms. The van der Waals surface area contributed by atoms with Gasteiger partial charge in [-0.1, -0.05) is 70.7 Å². The highest BCUT2D eigenvalue weighted by atomic mass is 35.5. The number of hydrazone groups is 1. The summed E-state index contributed by atoms with van der Waals surface area (Å²) in [7, 11) is 0. The smallest absolute Gasteiger partial charge is 0.329 e. The first-order valence-corrected chi connectivity index (χ1v) is 11.0. The molecule has 3 rings (SSSR count). The van der Waals surface area contributed by atoms with Crippen molar-refractivity contribution < 1.29 is 14.3 Å². The molecule has 0 bridgehead atoms. The first-order valence-electron chi connectivity index (χ1n) is 9.85. The lowest BCUT2D eigenvalue weighted by atomic mass is 10.1. The number of halogens is 3. The Hall–Kier alpha value is -3.06. The number of nitrogens with one attached hydrogen (secondary N) is 2. The van der Waals surface area contributed by atoms with E-state index in [4.69, 9.17) is 39.5 Å². The Kier molecular flexibility index (Phi) is 8.72. The van der Waals surface area contributed by atoms with Gasteiger partial charge in [0.05, 0.1) is 16.3 Å². The molecule has 33 heavy (non-hydrogen) atoms. The van der Waals surface area contributed by atoms with E-state index in [1.165, 1.54) is 6.21 Å². The second-order valence-electron chi connectivity index (χ2n) is 7.09. The van der Waals surface area contributed by atoms with Gasteiger partial charge in [-0.05, 0) is 48.4 Å². The molecule has 0 spiro atoms. The number of hydrogen-bond acceptors (Lipinski definition) is 4. The van der Waals surface area contributed by atoms with Crippen LogP contribution in [0.5, 0.6) is 5.75 Å². The summed E-state index contributed by atoms with van der Waals surface area (Å²) in [5.74, 6) is -1.21. The highest BCUT2D eigenvalue weighted by molar-refractivity contribution is 6.42. The van der Waals surface area contributed by atoms with Crippen LogP contribution in [0, 0.1) is 6.92 Å². The molecule has 0 saturated heterocycles. The fourth-order valence-electron chi connectivity index (χ4n) is 2.72. The van der Waals surface area contributed by atoms with Crippen molar-refractivity contribution in [1.82, 2.24) is 10.7 Å². The molecular formula is C24H20Cl3N3O3. The maximum absolute atomic E-state index is 12.0. The zero-order valence-electron chi connectivity index (χ0n) is 17.6. The summed E-state index contributed by atoms with van der Waals surface area (Å²) < 4.78 is 5.83. The fraction of sp³-hybridized carbons (Fsp3) is 0.125. The monoisotopic (exact) mass is 503 g/mol. The standard InChI is InChI=1S/C24H20Cl3N3O3/c1-15-2-4-16(5-3-15)12-28-23(31)24(32)30-29-13-18-11-19(25)7-9-22(18)33-14-17-6-8-20(26)21(27)10-17/h2-11,13H,12,14H2,1H3,(H,28,31)(H,30,32)/b29-13-.